The van der Waals surface area contributed by atoms with Crippen molar-refractivity contribution in [3.63, 3.8) is 0 Å². The molecule has 1 saturated heterocycles. The number of halogens is 2. The first-order valence-electron chi connectivity index (χ1n) is 6.09. The van der Waals surface area contributed by atoms with Crippen LogP contribution < -0.4 is 5.73 Å². The molecule has 2 rings (SSSR count). The van der Waals surface area contributed by atoms with Gasteiger partial charge < -0.3 is 10.5 Å². The molecule has 21 heavy (non-hydrogen) atoms. The largest absolute Gasteiger partial charge is 0.378 e. The monoisotopic (exact) mass is 440 g/mol. The molecule has 1 amide bonds. The Balaban J connectivity index is 2.50. The number of morpholine rings is 1. The molecule has 0 spiro atoms. The van der Waals surface area contributed by atoms with Crippen LogP contribution in [-0.2, 0) is 19.6 Å². The molecular weight excluding hydrogens is 428 g/mol. The SMILES string of the molecule is Cc1cc(Br)c(S(=O)(=O)N2CCOCC2C(N)=O)cc1Br. The van der Waals surface area contributed by atoms with E-state index in [9.17, 15) is 13.2 Å². The fraction of sp³-hybridized carbons (Fsp3) is 0.417. The fourth-order valence-corrected chi connectivity index (χ4v) is 5.26. The van der Waals surface area contributed by atoms with E-state index in [0.717, 1.165) is 9.87 Å². The normalized spacial score (nSPS) is 20.4. The summed E-state index contributed by atoms with van der Waals surface area (Å²) in [4.78, 5) is 11.6. The van der Waals surface area contributed by atoms with Gasteiger partial charge in [-0.15, -0.1) is 0 Å². The lowest BCUT2D eigenvalue weighted by molar-refractivity contribution is -0.125. The number of hydrogen-bond acceptors (Lipinski definition) is 4. The lowest BCUT2D eigenvalue weighted by Gasteiger charge is -2.32. The molecule has 1 aliphatic heterocycles. The molecule has 0 aliphatic carbocycles. The van der Waals surface area contributed by atoms with Crippen LogP contribution in [0, 0.1) is 6.92 Å². The minimum absolute atomic E-state index is 0.0286. The average Bonchev–Trinajstić information content (AvgIpc) is 2.42. The number of amides is 1. The van der Waals surface area contributed by atoms with E-state index >= 15 is 0 Å². The highest BCUT2D eigenvalue weighted by molar-refractivity contribution is 9.11. The molecule has 6 nitrogen and oxygen atoms in total. The van der Waals surface area contributed by atoms with Crippen LogP contribution >= 0.6 is 31.9 Å². The van der Waals surface area contributed by atoms with E-state index in [1.165, 1.54) is 6.07 Å². The molecule has 0 aromatic heterocycles. The van der Waals surface area contributed by atoms with Crippen LogP contribution in [0.1, 0.15) is 5.56 Å². The average molecular weight is 442 g/mol. The molecule has 1 aromatic carbocycles. The predicted molar refractivity (Wildman–Crippen MR) is 84.3 cm³/mol. The third-order valence-electron chi connectivity index (χ3n) is 3.21. The Morgan fingerprint density at radius 3 is 2.67 bits per heavy atom. The van der Waals surface area contributed by atoms with Gasteiger partial charge in [0.25, 0.3) is 0 Å². The third-order valence-corrected chi connectivity index (χ3v) is 6.93. The molecule has 0 saturated carbocycles. The van der Waals surface area contributed by atoms with Gasteiger partial charge in [-0.25, -0.2) is 8.42 Å². The molecule has 1 unspecified atom stereocenters. The number of carbonyl (C=O) groups is 1. The second-order valence-corrected chi connectivity index (χ2v) is 8.21. The maximum absolute atomic E-state index is 12.8. The number of aryl methyl sites for hydroxylation is 1. The van der Waals surface area contributed by atoms with Crippen LogP contribution in [0.25, 0.3) is 0 Å². The quantitative estimate of drug-likeness (QED) is 0.767. The van der Waals surface area contributed by atoms with Crippen molar-refractivity contribution < 1.29 is 17.9 Å². The minimum atomic E-state index is -3.85. The van der Waals surface area contributed by atoms with E-state index in [1.807, 2.05) is 6.92 Å². The van der Waals surface area contributed by atoms with Crippen molar-refractivity contribution in [2.24, 2.45) is 5.73 Å². The molecular formula is C12H14Br2N2O4S. The highest BCUT2D eigenvalue weighted by Gasteiger charge is 2.38. The summed E-state index contributed by atoms with van der Waals surface area (Å²) in [5.74, 6) is -0.722. The van der Waals surface area contributed by atoms with Gasteiger partial charge >= 0.3 is 0 Å². The van der Waals surface area contributed by atoms with Gasteiger partial charge in [0.15, 0.2) is 0 Å². The number of benzene rings is 1. The van der Waals surface area contributed by atoms with Gasteiger partial charge in [0, 0.05) is 15.5 Å². The Morgan fingerprint density at radius 1 is 1.38 bits per heavy atom. The molecule has 2 N–H and O–H groups in total. The van der Waals surface area contributed by atoms with Gasteiger partial charge in [-0.2, -0.15) is 4.31 Å². The predicted octanol–water partition coefficient (Wildman–Crippen LogP) is 1.39. The fourth-order valence-electron chi connectivity index (χ4n) is 2.05. The molecule has 0 bridgehead atoms. The molecule has 0 radical (unpaired) electrons. The van der Waals surface area contributed by atoms with E-state index in [0.29, 0.717) is 8.95 Å². The minimum Gasteiger partial charge on any atom is -0.378 e. The van der Waals surface area contributed by atoms with Crippen LogP contribution in [0.15, 0.2) is 26.0 Å². The Hall–Kier alpha value is -0.480. The van der Waals surface area contributed by atoms with Crippen LogP contribution in [0.3, 0.4) is 0 Å². The van der Waals surface area contributed by atoms with Gasteiger partial charge in [-0.1, -0.05) is 15.9 Å². The number of hydrogen-bond donors (Lipinski definition) is 1. The summed E-state index contributed by atoms with van der Waals surface area (Å²) in [6.07, 6.45) is 0. The molecule has 1 heterocycles. The van der Waals surface area contributed by atoms with Crippen molar-refractivity contribution in [2.45, 2.75) is 17.9 Å². The van der Waals surface area contributed by atoms with Crippen LogP contribution in [0.4, 0.5) is 0 Å². The Kier molecular flexibility index (Phi) is 5.09. The number of rotatable bonds is 3. The Morgan fingerprint density at radius 2 is 2.05 bits per heavy atom. The standard InChI is InChI=1S/C12H14Br2N2O4S/c1-7-4-9(14)11(5-8(7)13)21(18,19)16-2-3-20-6-10(16)12(15)17/h4-5,10H,2-3,6H2,1H3,(H2,15,17). The number of nitrogens with two attached hydrogens (primary N) is 1. The van der Waals surface area contributed by atoms with Gasteiger partial charge in [0.2, 0.25) is 15.9 Å². The van der Waals surface area contributed by atoms with Gasteiger partial charge in [0.1, 0.15) is 6.04 Å². The lowest BCUT2D eigenvalue weighted by Crippen LogP contribution is -2.54. The summed E-state index contributed by atoms with van der Waals surface area (Å²) < 4.78 is 33.0. The van der Waals surface area contributed by atoms with Gasteiger partial charge in [-0.05, 0) is 40.5 Å². The molecule has 9 heteroatoms. The number of sulfonamides is 1. The second-order valence-electron chi connectivity index (χ2n) is 4.64. The summed E-state index contributed by atoms with van der Waals surface area (Å²) in [5.41, 5.74) is 6.18. The van der Waals surface area contributed by atoms with Crippen molar-refractivity contribution in [1.29, 1.82) is 0 Å². The number of nitrogens with zero attached hydrogens (tertiary/aromatic N) is 1. The lowest BCUT2D eigenvalue weighted by atomic mass is 10.2. The van der Waals surface area contributed by atoms with Gasteiger partial charge in [0.05, 0.1) is 18.1 Å². The summed E-state index contributed by atoms with van der Waals surface area (Å²) in [6.45, 7) is 2.15. The maximum atomic E-state index is 12.8. The zero-order valence-corrected chi connectivity index (χ0v) is 15.2. The smallest absolute Gasteiger partial charge is 0.245 e. The van der Waals surface area contributed by atoms with E-state index in [1.54, 1.807) is 6.07 Å². The molecule has 116 valence electrons. The number of primary amides is 1. The zero-order chi connectivity index (χ0) is 15.8. The maximum Gasteiger partial charge on any atom is 0.245 e. The topological polar surface area (TPSA) is 89.7 Å². The zero-order valence-electron chi connectivity index (χ0n) is 11.2. The van der Waals surface area contributed by atoms with E-state index in [4.69, 9.17) is 10.5 Å². The molecule has 1 fully saturated rings. The van der Waals surface area contributed by atoms with Crippen molar-refractivity contribution in [1.82, 2.24) is 4.31 Å². The molecule has 1 aliphatic rings. The first-order valence-corrected chi connectivity index (χ1v) is 9.12. The molecule has 1 aromatic rings. The number of ether oxygens (including phenoxy) is 1. The second kappa shape index (κ2) is 6.33. The van der Waals surface area contributed by atoms with Crippen LogP contribution in [-0.4, -0.2) is 44.4 Å². The highest BCUT2D eigenvalue weighted by atomic mass is 79.9. The number of carbonyl (C=O) groups excluding carboxylic acids is 1. The third kappa shape index (κ3) is 3.31. The summed E-state index contributed by atoms with van der Waals surface area (Å²) in [6, 6.07) is 2.23. The first kappa shape index (κ1) is 16.9. The van der Waals surface area contributed by atoms with Gasteiger partial charge in [-0.3, -0.25) is 4.79 Å². The highest BCUT2D eigenvalue weighted by Crippen LogP contribution is 2.32. The first-order chi connectivity index (χ1) is 9.75. The van der Waals surface area contributed by atoms with Crippen molar-refractivity contribution in [2.75, 3.05) is 19.8 Å². The van der Waals surface area contributed by atoms with Crippen LogP contribution in [0.5, 0.6) is 0 Å². The summed E-state index contributed by atoms with van der Waals surface area (Å²) in [7, 11) is -3.85. The van der Waals surface area contributed by atoms with Crippen molar-refractivity contribution in [3.05, 3.63) is 26.6 Å². The summed E-state index contributed by atoms with van der Waals surface area (Å²) >= 11 is 6.59. The Bertz CT molecular complexity index is 678. The van der Waals surface area contributed by atoms with Crippen molar-refractivity contribution in [3.8, 4) is 0 Å². The Labute approximate surface area is 139 Å². The van der Waals surface area contributed by atoms with E-state index in [2.05, 4.69) is 31.9 Å². The van der Waals surface area contributed by atoms with Crippen molar-refractivity contribution >= 4 is 47.8 Å². The van der Waals surface area contributed by atoms with Crippen LogP contribution in [0.2, 0.25) is 0 Å². The summed E-state index contributed by atoms with van der Waals surface area (Å²) in [5, 5.41) is 0. The van der Waals surface area contributed by atoms with E-state index in [-0.39, 0.29) is 24.7 Å². The van der Waals surface area contributed by atoms with E-state index < -0.39 is 22.0 Å². The molecule has 1 atom stereocenters.